The van der Waals surface area contributed by atoms with Gasteiger partial charge in [0.05, 0.1) is 56.3 Å². The Labute approximate surface area is 103 Å². The molecule has 0 bridgehead atoms. The van der Waals surface area contributed by atoms with Crippen LogP contribution in [0.1, 0.15) is 0 Å². The fraction of sp³-hybridized carbons (Fsp3) is 1.00. The fourth-order valence-corrected chi connectivity index (χ4v) is 0. The Morgan fingerprint density at radius 1 is 0.333 bits per heavy atom. The summed E-state index contributed by atoms with van der Waals surface area (Å²) in [5, 5.41) is 0. The highest BCUT2D eigenvalue weighted by Crippen LogP contribution is 1.64. The van der Waals surface area contributed by atoms with Crippen LogP contribution in [0.3, 0.4) is 0 Å². The Kier molecular flexibility index (Phi) is 70.5. The summed E-state index contributed by atoms with van der Waals surface area (Å²) >= 11 is 0. The molecular weight excluding hydrogens is 261 g/mol. The van der Waals surface area contributed by atoms with Gasteiger partial charge in [-0.15, -0.1) is 0 Å². The van der Waals surface area contributed by atoms with E-state index in [0.29, 0.717) is 32.7 Å². The Hall–Kier alpha value is 0.840. The van der Waals surface area contributed by atoms with E-state index in [9.17, 15) is 0 Å². The molecule has 0 N–H and O–H groups in total. The van der Waals surface area contributed by atoms with Crippen LogP contribution in [-0.4, -0.2) is 56.3 Å². The van der Waals surface area contributed by atoms with Crippen LogP contribution in [-0.2, 0) is 32.7 Å². The van der Waals surface area contributed by atoms with E-state index in [4.69, 9.17) is 0 Å². The Morgan fingerprint density at radius 3 is 0.333 bits per heavy atom. The molecule has 0 amide bonds. The van der Waals surface area contributed by atoms with Crippen LogP contribution in [0, 0.1) is 0 Å². The molecule has 0 unspecified atom stereocenters. The van der Waals surface area contributed by atoms with E-state index < -0.39 is 0 Å². The summed E-state index contributed by atoms with van der Waals surface area (Å²) in [4.78, 5) is 0. The lowest BCUT2D eigenvalue weighted by Crippen LogP contribution is -3.00. The third-order valence-electron chi connectivity index (χ3n) is 0. The first-order chi connectivity index (χ1) is 5.20. The topological polar surface area (TPSA) is 0 Å². The van der Waals surface area contributed by atoms with Gasteiger partial charge in [0.25, 0.3) is 0 Å². The van der Waals surface area contributed by atoms with Crippen molar-refractivity contribution in [3.05, 3.63) is 0 Å². The zero-order valence-corrected chi connectivity index (χ0v) is 13.8. The normalized spacial score (nSPS) is 7.20. The average molecular weight is 289 g/mol. The quantitative estimate of drug-likeness (QED) is 0.389. The Morgan fingerprint density at radius 2 is 0.333 bits per heavy atom. The van der Waals surface area contributed by atoms with Gasteiger partial charge in [-0.1, -0.05) is 0 Å². The maximum atomic E-state index is 2.19. The van der Waals surface area contributed by atoms with Crippen LogP contribution in [0.15, 0.2) is 0 Å². The Balaban J connectivity index is -0.0000000184. The molecule has 0 heterocycles. The van der Waals surface area contributed by atoms with E-state index in [1.165, 1.54) is 0 Å². The molecule has 0 spiro atoms. The lowest BCUT2D eigenvalue weighted by molar-refractivity contribution is -0.00100. The van der Waals surface area contributed by atoms with Crippen molar-refractivity contribution in [2.24, 2.45) is 0 Å². The van der Waals surface area contributed by atoms with E-state index in [0.717, 1.165) is 0 Å². The average Bonchev–Trinajstić information content (AvgIpc) is 1.54. The van der Waals surface area contributed by atoms with Gasteiger partial charge in [0.2, 0.25) is 0 Å². The van der Waals surface area contributed by atoms with Crippen molar-refractivity contribution in [3.8, 4) is 0 Å². The molecular formula is C9H27F3S3. The van der Waals surface area contributed by atoms with E-state index in [-0.39, 0.29) is 14.1 Å². The van der Waals surface area contributed by atoms with Crippen LogP contribution in [0.25, 0.3) is 0 Å². The molecule has 0 aromatic rings. The van der Waals surface area contributed by atoms with Gasteiger partial charge in [-0.25, -0.2) is 0 Å². The largest absolute Gasteiger partial charge is 1.00 e. The molecule has 0 aliphatic heterocycles. The number of rotatable bonds is 0. The molecule has 0 rings (SSSR count). The molecule has 0 radical (unpaired) electrons. The maximum absolute atomic E-state index is 2.19. The second-order valence-electron chi connectivity index (χ2n) is 3.67. The molecule has 0 aliphatic rings. The zero-order valence-electron chi connectivity index (χ0n) is 11.4. The molecule has 0 nitrogen and oxygen atoms in total. The van der Waals surface area contributed by atoms with E-state index in [1.807, 2.05) is 0 Å². The molecule has 0 fully saturated rings. The van der Waals surface area contributed by atoms with Crippen molar-refractivity contribution < 1.29 is 14.1 Å². The summed E-state index contributed by atoms with van der Waals surface area (Å²) in [7, 11) is 1.92. The predicted molar refractivity (Wildman–Crippen MR) is 75.4 cm³/mol. The first kappa shape index (κ1) is 36.0. The number of hydrogen-bond acceptors (Lipinski definition) is 0. The molecule has 15 heavy (non-hydrogen) atoms. The summed E-state index contributed by atoms with van der Waals surface area (Å²) in [5.74, 6) is 0. The predicted octanol–water partition coefficient (Wildman–Crippen LogP) is -7.51. The Bertz CT molecular complexity index is 49.1. The molecule has 0 saturated heterocycles. The molecule has 0 aromatic heterocycles. The highest BCUT2D eigenvalue weighted by Gasteiger charge is 1.78. The summed E-state index contributed by atoms with van der Waals surface area (Å²) in [6.07, 6.45) is 19.8. The van der Waals surface area contributed by atoms with Gasteiger partial charge in [-0.2, -0.15) is 0 Å². The second-order valence-corrected chi connectivity index (χ2v) is 11.0. The van der Waals surface area contributed by atoms with Crippen molar-refractivity contribution in [2.75, 3.05) is 56.3 Å². The second kappa shape index (κ2) is 29.4. The van der Waals surface area contributed by atoms with Crippen molar-refractivity contribution in [2.45, 2.75) is 0 Å². The summed E-state index contributed by atoms with van der Waals surface area (Å²) in [6, 6.07) is 0. The lowest BCUT2D eigenvalue weighted by Gasteiger charge is -1.69. The van der Waals surface area contributed by atoms with E-state index >= 15 is 0 Å². The standard InChI is InChI=1S/3C3H9S.3FH/c3*1-4(2)3;;;/h3*1-3H3;3*1H/q3*+1;;;/p-3. The van der Waals surface area contributed by atoms with Crippen molar-refractivity contribution in [3.63, 3.8) is 0 Å². The van der Waals surface area contributed by atoms with Gasteiger partial charge in [-0.05, 0) is 32.7 Å². The maximum Gasteiger partial charge on any atom is 0.0969 e. The van der Waals surface area contributed by atoms with Gasteiger partial charge in [0.1, 0.15) is 0 Å². The molecule has 0 saturated carbocycles. The summed E-state index contributed by atoms with van der Waals surface area (Å²) in [6.45, 7) is 0. The monoisotopic (exact) mass is 288 g/mol. The summed E-state index contributed by atoms with van der Waals surface area (Å²) < 4.78 is 0. The number of halogens is 3. The van der Waals surface area contributed by atoms with Crippen molar-refractivity contribution >= 4 is 32.7 Å². The van der Waals surface area contributed by atoms with E-state index in [1.54, 1.807) is 0 Å². The molecule has 0 aromatic carbocycles. The minimum atomic E-state index is 0. The zero-order chi connectivity index (χ0) is 10.7. The molecule has 0 aliphatic carbocycles. The van der Waals surface area contributed by atoms with E-state index in [2.05, 4.69) is 56.3 Å². The smallest absolute Gasteiger partial charge is 0.0969 e. The molecule has 0 atom stereocenters. The van der Waals surface area contributed by atoms with Crippen LogP contribution < -0.4 is 14.1 Å². The highest BCUT2D eigenvalue weighted by atomic mass is 32.2. The molecule has 6 heteroatoms. The fourth-order valence-electron chi connectivity index (χ4n) is 0. The lowest BCUT2D eigenvalue weighted by atomic mass is 11.9. The SMILES string of the molecule is C[S+](C)C.C[S+](C)C.C[S+](C)C.[F-].[F-].[F-]. The van der Waals surface area contributed by atoms with Crippen LogP contribution in [0.4, 0.5) is 0 Å². The third-order valence-corrected chi connectivity index (χ3v) is 0. The first-order valence-corrected chi connectivity index (χ1v) is 11.0. The van der Waals surface area contributed by atoms with Crippen LogP contribution in [0.5, 0.6) is 0 Å². The minimum absolute atomic E-state index is 0. The number of hydrogen-bond donors (Lipinski definition) is 0. The van der Waals surface area contributed by atoms with Gasteiger partial charge in [-0.3, -0.25) is 0 Å². The van der Waals surface area contributed by atoms with Gasteiger partial charge in [0, 0.05) is 0 Å². The first-order valence-electron chi connectivity index (χ1n) is 3.67. The summed E-state index contributed by atoms with van der Waals surface area (Å²) in [5.41, 5.74) is 0. The van der Waals surface area contributed by atoms with Gasteiger partial charge >= 0.3 is 0 Å². The minimum Gasteiger partial charge on any atom is -1.00 e. The molecule has 102 valence electrons. The van der Waals surface area contributed by atoms with Gasteiger partial charge < -0.3 is 14.1 Å². The van der Waals surface area contributed by atoms with Crippen molar-refractivity contribution in [1.29, 1.82) is 0 Å². The van der Waals surface area contributed by atoms with Gasteiger partial charge in [0.15, 0.2) is 0 Å². The third kappa shape index (κ3) is 3470. The highest BCUT2D eigenvalue weighted by molar-refractivity contribution is 7.95. The van der Waals surface area contributed by atoms with Crippen molar-refractivity contribution in [1.82, 2.24) is 0 Å². The van der Waals surface area contributed by atoms with Crippen LogP contribution in [0.2, 0.25) is 0 Å². The van der Waals surface area contributed by atoms with Crippen LogP contribution >= 0.6 is 0 Å².